The summed E-state index contributed by atoms with van der Waals surface area (Å²) in [7, 11) is 1.76. The van der Waals surface area contributed by atoms with Crippen LogP contribution in [0.5, 0.6) is 0 Å². The van der Waals surface area contributed by atoms with Gasteiger partial charge in [-0.05, 0) is 26.1 Å². The molecule has 1 aromatic carbocycles. The Hall–Kier alpha value is -1.59. The van der Waals surface area contributed by atoms with E-state index >= 15 is 0 Å². The van der Waals surface area contributed by atoms with Gasteiger partial charge in [0.1, 0.15) is 5.82 Å². The fraction of sp³-hybridized carbons (Fsp3) is 0.385. The maximum atomic E-state index is 11.3. The minimum absolute atomic E-state index is 0. The smallest absolute Gasteiger partial charge is 0.234 e. The van der Waals surface area contributed by atoms with E-state index in [1.54, 1.807) is 7.05 Å². The first-order valence-corrected chi connectivity index (χ1v) is 6.05. The third kappa shape index (κ3) is 3.68. The van der Waals surface area contributed by atoms with Gasteiger partial charge in [-0.2, -0.15) is 0 Å². The second-order valence-corrected chi connectivity index (χ2v) is 4.18. The fourth-order valence-electron chi connectivity index (χ4n) is 2.01. The summed E-state index contributed by atoms with van der Waals surface area (Å²) in [5.41, 5.74) is 2.11. The largest absolute Gasteiger partial charge is 0.353 e. The number of likely N-dealkylation sites (N-methyl/N-ethyl adjacent to an activating group) is 1. The minimum Gasteiger partial charge on any atom is -0.353 e. The number of rotatable bonds is 5. The fourth-order valence-corrected chi connectivity index (χ4v) is 2.01. The summed E-state index contributed by atoms with van der Waals surface area (Å²) in [6.07, 6.45) is 0. The monoisotopic (exact) mass is 282 g/mol. The van der Waals surface area contributed by atoms with E-state index in [0.717, 1.165) is 23.4 Å². The number of hydrogen-bond acceptors (Lipinski definition) is 3. The van der Waals surface area contributed by atoms with E-state index in [1.807, 2.05) is 31.2 Å². The predicted molar refractivity (Wildman–Crippen MR) is 78.7 cm³/mol. The lowest BCUT2D eigenvalue weighted by molar-refractivity contribution is -0.120. The van der Waals surface area contributed by atoms with Gasteiger partial charge in [-0.1, -0.05) is 12.1 Å². The zero-order valence-corrected chi connectivity index (χ0v) is 12.0. The Morgan fingerprint density at radius 2 is 2.11 bits per heavy atom. The zero-order valence-electron chi connectivity index (χ0n) is 11.1. The minimum atomic E-state index is 0. The van der Waals surface area contributed by atoms with Crippen molar-refractivity contribution in [1.82, 2.24) is 20.2 Å². The molecule has 0 unspecified atom stereocenters. The standard InChI is InChI=1S/C13H18N4O.ClH/c1-10-16-11-5-3-4-6-12(11)17(10)8-7-15-13(18)9-14-2;/h3-6,14H,7-9H2,1-2H3,(H,15,18);1H. The summed E-state index contributed by atoms with van der Waals surface area (Å²) in [6, 6.07) is 8.02. The van der Waals surface area contributed by atoms with Gasteiger partial charge in [-0.15, -0.1) is 12.4 Å². The van der Waals surface area contributed by atoms with Crippen molar-refractivity contribution in [3.8, 4) is 0 Å². The number of halogens is 1. The summed E-state index contributed by atoms with van der Waals surface area (Å²) >= 11 is 0. The van der Waals surface area contributed by atoms with E-state index in [2.05, 4.69) is 20.2 Å². The molecule has 6 heteroatoms. The van der Waals surface area contributed by atoms with Crippen LogP contribution in [0.15, 0.2) is 24.3 Å². The number of amides is 1. The lowest BCUT2D eigenvalue weighted by Gasteiger charge is -2.08. The molecule has 0 saturated heterocycles. The third-order valence-electron chi connectivity index (χ3n) is 2.84. The number of carbonyl (C=O) groups excluding carboxylic acids is 1. The number of carbonyl (C=O) groups is 1. The average molecular weight is 283 g/mol. The van der Waals surface area contributed by atoms with Crippen molar-refractivity contribution in [2.24, 2.45) is 0 Å². The quantitative estimate of drug-likeness (QED) is 0.863. The summed E-state index contributed by atoms with van der Waals surface area (Å²) in [5, 5.41) is 5.68. The van der Waals surface area contributed by atoms with Crippen LogP contribution in [0.3, 0.4) is 0 Å². The molecule has 2 N–H and O–H groups in total. The highest BCUT2D eigenvalue weighted by atomic mass is 35.5. The number of aromatic nitrogens is 2. The maximum absolute atomic E-state index is 11.3. The van der Waals surface area contributed by atoms with Crippen molar-refractivity contribution in [3.63, 3.8) is 0 Å². The number of nitrogens with one attached hydrogen (secondary N) is 2. The molecular weight excluding hydrogens is 264 g/mol. The molecule has 0 aliphatic carbocycles. The molecule has 0 fully saturated rings. The van der Waals surface area contributed by atoms with Crippen LogP contribution in [0, 0.1) is 6.92 Å². The summed E-state index contributed by atoms with van der Waals surface area (Å²) < 4.78 is 2.12. The van der Waals surface area contributed by atoms with Gasteiger partial charge in [-0.25, -0.2) is 4.98 Å². The summed E-state index contributed by atoms with van der Waals surface area (Å²) in [6.45, 7) is 3.68. The van der Waals surface area contributed by atoms with Crippen molar-refractivity contribution in [1.29, 1.82) is 0 Å². The van der Waals surface area contributed by atoms with Crippen LogP contribution in [0.4, 0.5) is 0 Å². The lowest BCUT2D eigenvalue weighted by atomic mass is 10.3. The van der Waals surface area contributed by atoms with Crippen molar-refractivity contribution >= 4 is 29.3 Å². The SMILES string of the molecule is CNCC(=O)NCCn1c(C)nc2ccccc21.Cl. The molecule has 5 nitrogen and oxygen atoms in total. The van der Waals surface area contributed by atoms with Crippen molar-refractivity contribution in [3.05, 3.63) is 30.1 Å². The van der Waals surface area contributed by atoms with Gasteiger partial charge in [0, 0.05) is 13.1 Å². The number of para-hydroxylation sites is 2. The average Bonchev–Trinajstić information content (AvgIpc) is 2.66. The Balaban J connectivity index is 0.00000180. The predicted octanol–water partition coefficient (Wildman–Crippen LogP) is 1.10. The third-order valence-corrected chi connectivity index (χ3v) is 2.84. The normalized spacial score (nSPS) is 10.2. The molecule has 0 saturated carbocycles. The molecule has 0 spiro atoms. The first kappa shape index (κ1) is 15.5. The van der Waals surface area contributed by atoms with Crippen LogP contribution < -0.4 is 10.6 Å². The van der Waals surface area contributed by atoms with Gasteiger partial charge in [0.25, 0.3) is 0 Å². The maximum Gasteiger partial charge on any atom is 0.234 e. The second-order valence-electron chi connectivity index (χ2n) is 4.18. The van der Waals surface area contributed by atoms with Gasteiger partial charge >= 0.3 is 0 Å². The highest BCUT2D eigenvalue weighted by Gasteiger charge is 2.06. The van der Waals surface area contributed by atoms with Crippen molar-refractivity contribution in [2.45, 2.75) is 13.5 Å². The zero-order chi connectivity index (χ0) is 13.0. The van der Waals surface area contributed by atoms with Crippen LogP contribution in [0.2, 0.25) is 0 Å². The van der Waals surface area contributed by atoms with Gasteiger partial charge in [0.15, 0.2) is 0 Å². The van der Waals surface area contributed by atoms with Crippen molar-refractivity contribution < 1.29 is 4.79 Å². The number of nitrogens with zero attached hydrogens (tertiary/aromatic N) is 2. The molecule has 0 bridgehead atoms. The number of benzene rings is 1. The molecule has 104 valence electrons. The molecule has 0 atom stereocenters. The number of imidazole rings is 1. The van der Waals surface area contributed by atoms with Gasteiger partial charge in [-0.3, -0.25) is 4.79 Å². The number of aryl methyl sites for hydroxylation is 1. The molecule has 0 aliphatic heterocycles. The van der Waals surface area contributed by atoms with Crippen LogP contribution in [0.1, 0.15) is 5.82 Å². The van der Waals surface area contributed by atoms with E-state index in [4.69, 9.17) is 0 Å². The lowest BCUT2D eigenvalue weighted by Crippen LogP contribution is -2.34. The first-order valence-electron chi connectivity index (χ1n) is 6.05. The molecule has 1 heterocycles. The second kappa shape index (κ2) is 7.11. The molecule has 1 amide bonds. The Labute approximate surface area is 118 Å². The van der Waals surface area contributed by atoms with Crippen molar-refractivity contribution in [2.75, 3.05) is 20.1 Å². The van der Waals surface area contributed by atoms with E-state index in [1.165, 1.54) is 0 Å². The number of hydrogen-bond donors (Lipinski definition) is 2. The Morgan fingerprint density at radius 3 is 2.84 bits per heavy atom. The van der Waals surface area contributed by atoms with Gasteiger partial charge < -0.3 is 15.2 Å². The van der Waals surface area contributed by atoms with E-state index in [0.29, 0.717) is 13.1 Å². The van der Waals surface area contributed by atoms with Crippen LogP contribution in [0.25, 0.3) is 11.0 Å². The Bertz CT molecular complexity index is 553. The summed E-state index contributed by atoms with van der Waals surface area (Å²) in [5.74, 6) is 0.985. The van der Waals surface area contributed by atoms with E-state index < -0.39 is 0 Å². The highest BCUT2D eigenvalue weighted by molar-refractivity contribution is 5.85. The molecule has 19 heavy (non-hydrogen) atoms. The van der Waals surface area contributed by atoms with Crippen LogP contribution in [-0.2, 0) is 11.3 Å². The molecule has 0 aliphatic rings. The molecular formula is C13H19ClN4O. The van der Waals surface area contributed by atoms with E-state index in [9.17, 15) is 4.79 Å². The summed E-state index contributed by atoms with van der Waals surface area (Å²) in [4.78, 5) is 15.8. The molecule has 2 aromatic rings. The van der Waals surface area contributed by atoms with Gasteiger partial charge in [0.2, 0.25) is 5.91 Å². The topological polar surface area (TPSA) is 59.0 Å². The Kier molecular flexibility index (Phi) is 5.79. The molecule has 1 aromatic heterocycles. The van der Waals surface area contributed by atoms with Gasteiger partial charge in [0.05, 0.1) is 17.6 Å². The molecule has 2 rings (SSSR count). The number of fused-ring (bicyclic) bond motifs is 1. The highest BCUT2D eigenvalue weighted by Crippen LogP contribution is 2.14. The molecule has 0 radical (unpaired) electrons. The van der Waals surface area contributed by atoms with Crippen LogP contribution >= 0.6 is 12.4 Å². The Morgan fingerprint density at radius 1 is 1.37 bits per heavy atom. The van der Waals surface area contributed by atoms with E-state index in [-0.39, 0.29) is 18.3 Å². The van der Waals surface area contributed by atoms with Crippen LogP contribution in [-0.4, -0.2) is 35.6 Å². The first-order chi connectivity index (χ1) is 8.72.